The summed E-state index contributed by atoms with van der Waals surface area (Å²) in [4.78, 5) is 29.8. The smallest absolute Gasteiger partial charge is 0.255 e. The molecule has 0 spiro atoms. The van der Waals surface area contributed by atoms with Crippen LogP contribution in [0, 0.1) is 0 Å². The van der Waals surface area contributed by atoms with Crippen molar-refractivity contribution in [3.8, 4) is 0 Å². The number of aromatic nitrogens is 3. The zero-order valence-corrected chi connectivity index (χ0v) is 15.7. The zero-order chi connectivity index (χ0) is 18.6. The first-order valence-corrected chi connectivity index (χ1v) is 9.57. The van der Waals surface area contributed by atoms with Gasteiger partial charge in [0.1, 0.15) is 12.1 Å². The Morgan fingerprint density at radius 2 is 2.30 bits per heavy atom. The van der Waals surface area contributed by atoms with Crippen LogP contribution in [0.15, 0.2) is 30.9 Å². The van der Waals surface area contributed by atoms with E-state index < -0.39 is 0 Å². The van der Waals surface area contributed by atoms with Crippen LogP contribution in [0.25, 0.3) is 0 Å². The number of pyridine rings is 1. The average Bonchev–Trinajstić information content (AvgIpc) is 2.73. The van der Waals surface area contributed by atoms with Crippen molar-refractivity contribution >= 4 is 11.7 Å². The number of carbonyl (C=O) groups is 1. The van der Waals surface area contributed by atoms with Gasteiger partial charge in [-0.3, -0.25) is 9.78 Å². The van der Waals surface area contributed by atoms with Crippen molar-refractivity contribution in [3.05, 3.63) is 47.7 Å². The second kappa shape index (κ2) is 8.00. The second-order valence-electron chi connectivity index (χ2n) is 7.21. The van der Waals surface area contributed by atoms with Crippen LogP contribution < -0.4 is 4.90 Å². The van der Waals surface area contributed by atoms with Crippen molar-refractivity contribution in [1.29, 1.82) is 0 Å². The number of rotatable bonds is 4. The van der Waals surface area contributed by atoms with Crippen LogP contribution in [0.3, 0.4) is 0 Å². The molecule has 7 nitrogen and oxygen atoms in total. The number of likely N-dealkylation sites (N-methyl/N-ethyl adjacent to an activating group) is 1. The molecule has 1 unspecified atom stereocenters. The van der Waals surface area contributed by atoms with Crippen LogP contribution >= 0.6 is 0 Å². The third-order valence-corrected chi connectivity index (χ3v) is 5.29. The van der Waals surface area contributed by atoms with Gasteiger partial charge in [-0.15, -0.1) is 0 Å². The molecule has 1 saturated heterocycles. The topological polar surface area (TPSA) is 71.5 Å². The van der Waals surface area contributed by atoms with Crippen molar-refractivity contribution in [2.24, 2.45) is 0 Å². The molecule has 142 valence electrons. The van der Waals surface area contributed by atoms with E-state index >= 15 is 0 Å². The maximum Gasteiger partial charge on any atom is 0.255 e. The number of anilines is 1. The van der Waals surface area contributed by atoms with Gasteiger partial charge in [-0.05, 0) is 37.8 Å². The first-order valence-electron chi connectivity index (χ1n) is 9.57. The van der Waals surface area contributed by atoms with Crippen molar-refractivity contribution in [2.75, 3.05) is 31.6 Å². The van der Waals surface area contributed by atoms with Crippen molar-refractivity contribution in [2.45, 2.75) is 38.3 Å². The lowest BCUT2D eigenvalue weighted by Gasteiger charge is -2.32. The maximum atomic E-state index is 12.7. The van der Waals surface area contributed by atoms with E-state index in [0.29, 0.717) is 18.7 Å². The lowest BCUT2D eigenvalue weighted by Crippen LogP contribution is -2.39. The molecule has 2 aliphatic heterocycles. The summed E-state index contributed by atoms with van der Waals surface area (Å²) in [5.74, 6) is 0.959. The highest BCUT2D eigenvalue weighted by Crippen LogP contribution is 2.26. The highest BCUT2D eigenvalue weighted by Gasteiger charge is 2.27. The largest absolute Gasteiger partial charge is 0.376 e. The van der Waals surface area contributed by atoms with Crippen LogP contribution in [-0.4, -0.2) is 58.6 Å². The van der Waals surface area contributed by atoms with Gasteiger partial charge >= 0.3 is 0 Å². The van der Waals surface area contributed by atoms with Crippen LogP contribution in [0.1, 0.15) is 40.9 Å². The van der Waals surface area contributed by atoms with Crippen LogP contribution in [-0.2, 0) is 17.7 Å². The van der Waals surface area contributed by atoms with E-state index in [1.807, 2.05) is 4.90 Å². The number of carbonyl (C=O) groups excluding carboxylic acids is 1. The molecule has 1 amide bonds. The number of amides is 1. The molecule has 2 aliphatic rings. The zero-order valence-electron chi connectivity index (χ0n) is 15.7. The van der Waals surface area contributed by atoms with E-state index in [9.17, 15) is 4.79 Å². The molecule has 1 atom stereocenters. The molecule has 4 heterocycles. The SMILES string of the molecule is CN(CC1CCCCO1)c1ncnc2c1CCN(C(=O)c1cccnc1)C2. The second-order valence-corrected chi connectivity index (χ2v) is 7.21. The van der Waals surface area contributed by atoms with Crippen molar-refractivity contribution in [1.82, 2.24) is 19.9 Å². The van der Waals surface area contributed by atoms with E-state index in [1.165, 1.54) is 6.42 Å². The molecule has 2 aromatic heterocycles. The van der Waals surface area contributed by atoms with Crippen LogP contribution in [0.4, 0.5) is 5.82 Å². The van der Waals surface area contributed by atoms with Gasteiger partial charge in [0, 0.05) is 44.7 Å². The van der Waals surface area contributed by atoms with E-state index in [4.69, 9.17) is 4.74 Å². The average molecular weight is 367 g/mol. The minimum atomic E-state index is -0.00197. The maximum absolute atomic E-state index is 12.7. The molecule has 0 N–H and O–H groups in total. The number of nitrogens with zero attached hydrogens (tertiary/aromatic N) is 5. The van der Waals surface area contributed by atoms with Gasteiger partial charge in [0.25, 0.3) is 5.91 Å². The Labute approximate surface area is 159 Å². The fourth-order valence-corrected chi connectivity index (χ4v) is 3.85. The monoisotopic (exact) mass is 367 g/mol. The van der Waals surface area contributed by atoms with Gasteiger partial charge < -0.3 is 14.5 Å². The highest BCUT2D eigenvalue weighted by molar-refractivity contribution is 5.94. The lowest BCUT2D eigenvalue weighted by molar-refractivity contribution is 0.0215. The quantitative estimate of drug-likeness (QED) is 0.824. The molecule has 0 aliphatic carbocycles. The Kier molecular flexibility index (Phi) is 5.29. The Morgan fingerprint density at radius 1 is 1.37 bits per heavy atom. The van der Waals surface area contributed by atoms with Gasteiger partial charge in [-0.2, -0.15) is 0 Å². The summed E-state index contributed by atoms with van der Waals surface area (Å²) < 4.78 is 5.87. The van der Waals surface area contributed by atoms with Gasteiger partial charge in [0.15, 0.2) is 0 Å². The minimum absolute atomic E-state index is 0.00197. The molecular formula is C20H25N5O2. The summed E-state index contributed by atoms with van der Waals surface area (Å²) >= 11 is 0. The Bertz CT molecular complexity index is 792. The standard InChI is InChI=1S/C20H25N5O2/c1-24(12-16-6-2-3-10-27-16)19-17-7-9-25(13-18(17)22-14-23-19)20(26)15-5-4-8-21-11-15/h4-5,8,11,14,16H,2-3,6-7,9-10,12-13H2,1H3. The van der Waals surface area contributed by atoms with E-state index in [-0.39, 0.29) is 12.0 Å². The molecule has 1 fully saturated rings. The molecule has 0 radical (unpaired) electrons. The Hall–Kier alpha value is -2.54. The third kappa shape index (κ3) is 3.93. The van der Waals surface area contributed by atoms with Crippen LogP contribution in [0.5, 0.6) is 0 Å². The molecule has 27 heavy (non-hydrogen) atoms. The lowest BCUT2D eigenvalue weighted by atomic mass is 10.0. The molecule has 4 rings (SSSR count). The molecule has 2 aromatic rings. The molecule has 7 heteroatoms. The highest BCUT2D eigenvalue weighted by atomic mass is 16.5. The Morgan fingerprint density at radius 3 is 3.07 bits per heavy atom. The van der Waals surface area contributed by atoms with Gasteiger partial charge in [-0.1, -0.05) is 0 Å². The Balaban J connectivity index is 1.48. The van der Waals surface area contributed by atoms with E-state index in [2.05, 4.69) is 26.9 Å². The van der Waals surface area contributed by atoms with E-state index in [0.717, 1.165) is 49.5 Å². The number of hydrogen-bond acceptors (Lipinski definition) is 6. The summed E-state index contributed by atoms with van der Waals surface area (Å²) in [6.45, 7) is 2.86. The summed E-state index contributed by atoms with van der Waals surface area (Å²) in [6.07, 6.45) is 9.40. The first kappa shape index (κ1) is 17.9. The molecule has 0 aromatic carbocycles. The minimum Gasteiger partial charge on any atom is -0.376 e. The summed E-state index contributed by atoms with van der Waals surface area (Å²) in [5, 5.41) is 0. The van der Waals surface area contributed by atoms with Crippen LogP contribution in [0.2, 0.25) is 0 Å². The summed E-state index contributed by atoms with van der Waals surface area (Å²) in [6, 6.07) is 3.59. The predicted octanol–water partition coefficient (Wildman–Crippen LogP) is 2.08. The fourth-order valence-electron chi connectivity index (χ4n) is 3.85. The number of ether oxygens (including phenoxy) is 1. The van der Waals surface area contributed by atoms with Crippen molar-refractivity contribution < 1.29 is 9.53 Å². The fraction of sp³-hybridized carbons (Fsp3) is 0.500. The number of hydrogen-bond donors (Lipinski definition) is 0. The normalized spacial score (nSPS) is 19.4. The summed E-state index contributed by atoms with van der Waals surface area (Å²) in [5.41, 5.74) is 2.69. The predicted molar refractivity (Wildman–Crippen MR) is 102 cm³/mol. The van der Waals surface area contributed by atoms with E-state index in [1.54, 1.807) is 30.9 Å². The molecule has 0 bridgehead atoms. The number of fused-ring (bicyclic) bond motifs is 1. The molecular weight excluding hydrogens is 342 g/mol. The third-order valence-electron chi connectivity index (χ3n) is 5.29. The van der Waals surface area contributed by atoms with Gasteiger partial charge in [0.05, 0.1) is 23.9 Å². The summed E-state index contributed by atoms with van der Waals surface area (Å²) in [7, 11) is 2.06. The van der Waals surface area contributed by atoms with Crippen molar-refractivity contribution in [3.63, 3.8) is 0 Å². The van der Waals surface area contributed by atoms with Gasteiger partial charge in [-0.25, -0.2) is 9.97 Å². The molecule has 0 saturated carbocycles. The van der Waals surface area contributed by atoms with Gasteiger partial charge in [0.2, 0.25) is 0 Å². The first-order chi connectivity index (χ1) is 13.2.